The molecular weight excluding hydrogens is 430 g/mol. The van der Waals surface area contributed by atoms with Crippen LogP contribution in [0.5, 0.6) is 11.5 Å². The molecule has 3 aliphatic rings. The number of hydrogen-bond donors (Lipinski definition) is 0. The highest BCUT2D eigenvalue weighted by molar-refractivity contribution is 5.83. The van der Waals surface area contributed by atoms with Crippen LogP contribution in [-0.2, 0) is 4.79 Å². The molecule has 3 aliphatic carbocycles. The molecule has 166 valence electrons. The van der Waals surface area contributed by atoms with Gasteiger partial charge in [0.25, 0.3) is 5.92 Å². The number of hydrogen-bond acceptors (Lipinski definition) is 4. The molecule has 3 fully saturated rings. The summed E-state index contributed by atoms with van der Waals surface area (Å²) < 4.78 is 90.7. The number of carbonyl (C=O) groups is 1. The average Bonchev–Trinajstić information content (AvgIpc) is 2.70. The van der Waals surface area contributed by atoms with Crippen molar-refractivity contribution >= 4 is 11.7 Å². The Kier molecular flexibility index (Phi) is 5.37. The Morgan fingerprint density at radius 3 is 2.35 bits per heavy atom. The van der Waals surface area contributed by atoms with E-state index in [-0.39, 0.29) is 25.7 Å². The molecule has 11 heteroatoms. The van der Waals surface area contributed by atoms with Crippen LogP contribution in [-0.4, -0.2) is 30.8 Å². The van der Waals surface area contributed by atoms with E-state index in [0.29, 0.717) is 0 Å². The first-order chi connectivity index (χ1) is 14.3. The van der Waals surface area contributed by atoms with Crippen LogP contribution >= 0.6 is 0 Å². The third-order valence-corrected chi connectivity index (χ3v) is 6.18. The molecule has 0 aliphatic heterocycles. The van der Waals surface area contributed by atoms with Gasteiger partial charge in [0.05, 0.1) is 12.6 Å². The third kappa shape index (κ3) is 3.56. The second-order valence-corrected chi connectivity index (χ2v) is 8.00. The van der Waals surface area contributed by atoms with Crippen LogP contribution in [0, 0.1) is 28.7 Å². The minimum absolute atomic E-state index is 0.0991. The monoisotopic (exact) mass is 446 g/mol. The second-order valence-electron chi connectivity index (χ2n) is 8.00. The van der Waals surface area contributed by atoms with E-state index in [1.165, 1.54) is 6.92 Å². The molecule has 0 aromatic heterocycles. The van der Waals surface area contributed by atoms with Crippen LogP contribution in [0.2, 0.25) is 0 Å². The molecule has 31 heavy (non-hydrogen) atoms. The van der Waals surface area contributed by atoms with Crippen molar-refractivity contribution in [3.8, 4) is 17.6 Å². The van der Waals surface area contributed by atoms with Gasteiger partial charge >= 0.3 is 12.1 Å². The summed E-state index contributed by atoms with van der Waals surface area (Å²) in [6, 6.07) is 3.34. The topological polar surface area (TPSA) is 63.7 Å². The predicted molar refractivity (Wildman–Crippen MR) is 93.5 cm³/mol. The highest BCUT2D eigenvalue weighted by Gasteiger charge is 2.72. The maximum Gasteiger partial charge on any atom is 0.422 e. The molecule has 0 N–H and O–H groups in total. The summed E-state index contributed by atoms with van der Waals surface area (Å²) in [5, 5.41) is 9.35. The standard InChI is InChI=1S/C20H16F6N2O3/c1-17-5-7-18(8-6-17,15(21)20(17,25)26)16(29)31-12-3-4-13(30-10-19(22,23)24)14(28-2)11(12)9-27/h3-4,15H,5-8,10H2,1H3. The zero-order valence-electron chi connectivity index (χ0n) is 16.2. The zero-order chi connectivity index (χ0) is 23.2. The molecule has 1 atom stereocenters. The van der Waals surface area contributed by atoms with Gasteiger partial charge in [-0.05, 0) is 37.8 Å². The molecule has 0 radical (unpaired) electrons. The Balaban J connectivity index is 1.92. The lowest BCUT2D eigenvalue weighted by molar-refractivity contribution is -0.261. The molecule has 1 unspecified atom stereocenters. The maximum absolute atomic E-state index is 14.8. The lowest BCUT2D eigenvalue weighted by Gasteiger charge is -2.56. The Morgan fingerprint density at radius 2 is 1.84 bits per heavy atom. The van der Waals surface area contributed by atoms with Crippen molar-refractivity contribution < 1.29 is 40.6 Å². The number of halogens is 6. The van der Waals surface area contributed by atoms with Crippen LogP contribution in [0.3, 0.4) is 0 Å². The zero-order valence-corrected chi connectivity index (χ0v) is 16.2. The lowest BCUT2D eigenvalue weighted by atomic mass is 9.51. The van der Waals surface area contributed by atoms with Crippen molar-refractivity contribution in [2.45, 2.75) is 50.9 Å². The van der Waals surface area contributed by atoms with Crippen molar-refractivity contribution in [2.75, 3.05) is 6.61 Å². The van der Waals surface area contributed by atoms with Crippen molar-refractivity contribution in [1.29, 1.82) is 5.26 Å². The van der Waals surface area contributed by atoms with Crippen LogP contribution in [0.4, 0.5) is 32.0 Å². The molecule has 0 saturated heterocycles. The summed E-state index contributed by atoms with van der Waals surface area (Å²) in [7, 11) is 0. The second kappa shape index (κ2) is 7.33. The fourth-order valence-corrected chi connectivity index (χ4v) is 4.13. The quantitative estimate of drug-likeness (QED) is 0.265. The van der Waals surface area contributed by atoms with Gasteiger partial charge in [0.15, 0.2) is 12.8 Å². The summed E-state index contributed by atoms with van der Waals surface area (Å²) in [4.78, 5) is 15.8. The van der Waals surface area contributed by atoms with Crippen molar-refractivity contribution in [2.24, 2.45) is 10.8 Å². The Labute approximate surface area is 173 Å². The first-order valence-corrected chi connectivity index (χ1v) is 9.19. The average molecular weight is 446 g/mol. The van der Waals surface area contributed by atoms with E-state index in [4.69, 9.17) is 11.3 Å². The Morgan fingerprint density at radius 1 is 1.26 bits per heavy atom. The SMILES string of the molecule is [C-]#[N+]c1c(OCC(F)(F)F)ccc(OC(=O)C23CCC(C)(CC2)C(F)(F)C3F)c1C#N. The number of esters is 1. The maximum atomic E-state index is 14.8. The number of ether oxygens (including phenoxy) is 2. The van der Waals surface area contributed by atoms with Gasteiger partial charge in [-0.3, -0.25) is 4.79 Å². The molecule has 4 rings (SSSR count). The smallest absolute Gasteiger partial charge is 0.422 e. The number of fused-ring (bicyclic) bond motifs is 3. The number of benzene rings is 1. The molecule has 1 aromatic carbocycles. The molecule has 3 saturated carbocycles. The van der Waals surface area contributed by atoms with Crippen LogP contribution in [0.1, 0.15) is 38.2 Å². The largest absolute Gasteiger partial charge is 0.495 e. The van der Waals surface area contributed by atoms with Gasteiger partial charge in [0, 0.05) is 5.41 Å². The minimum atomic E-state index is -4.70. The fraction of sp³-hybridized carbons (Fsp3) is 0.550. The Bertz CT molecular complexity index is 984. The van der Waals surface area contributed by atoms with Gasteiger partial charge < -0.3 is 9.47 Å². The van der Waals surface area contributed by atoms with Gasteiger partial charge in [-0.15, -0.1) is 0 Å². The van der Waals surface area contributed by atoms with Crippen molar-refractivity contribution in [3.05, 3.63) is 29.1 Å². The highest BCUT2D eigenvalue weighted by Crippen LogP contribution is 2.65. The summed E-state index contributed by atoms with van der Waals surface area (Å²) in [6.07, 6.45) is -8.04. The third-order valence-electron chi connectivity index (χ3n) is 6.18. The molecule has 0 amide bonds. The highest BCUT2D eigenvalue weighted by atomic mass is 19.4. The number of nitriles is 1. The molecule has 2 bridgehead atoms. The van der Waals surface area contributed by atoms with Crippen LogP contribution in [0.25, 0.3) is 4.85 Å². The lowest BCUT2D eigenvalue weighted by Crippen LogP contribution is -2.65. The predicted octanol–water partition coefficient (Wildman–Crippen LogP) is 5.51. The van der Waals surface area contributed by atoms with Gasteiger partial charge in [-0.2, -0.15) is 18.4 Å². The molecular formula is C20H16F6N2O3. The summed E-state index contributed by atoms with van der Waals surface area (Å²) in [5.74, 6) is -6.17. The van der Waals surface area contributed by atoms with E-state index in [9.17, 15) is 36.4 Å². The molecule has 0 heterocycles. The molecule has 0 spiro atoms. The summed E-state index contributed by atoms with van der Waals surface area (Å²) >= 11 is 0. The van der Waals surface area contributed by atoms with Crippen molar-refractivity contribution in [3.63, 3.8) is 0 Å². The van der Waals surface area contributed by atoms with E-state index in [0.717, 1.165) is 12.1 Å². The number of rotatable bonds is 4. The first kappa shape index (κ1) is 22.7. The van der Waals surface area contributed by atoms with E-state index >= 15 is 0 Å². The number of alkyl halides is 6. The summed E-state index contributed by atoms with van der Waals surface area (Å²) in [5.41, 5.74) is -4.94. The fourth-order valence-electron chi connectivity index (χ4n) is 4.13. The first-order valence-electron chi connectivity index (χ1n) is 9.19. The van der Waals surface area contributed by atoms with E-state index in [1.54, 1.807) is 6.07 Å². The number of carbonyl (C=O) groups excluding carboxylic acids is 1. The Hall–Kier alpha value is -2.95. The minimum Gasteiger partial charge on any atom is -0.495 e. The van der Waals surface area contributed by atoms with Gasteiger partial charge in [-0.25, -0.2) is 18.0 Å². The number of nitrogens with zero attached hydrogens (tertiary/aromatic N) is 2. The molecule has 1 aromatic rings. The van der Waals surface area contributed by atoms with Gasteiger partial charge in [0.2, 0.25) is 5.69 Å². The van der Waals surface area contributed by atoms with Gasteiger partial charge in [0.1, 0.15) is 22.5 Å². The van der Waals surface area contributed by atoms with Crippen LogP contribution in [0.15, 0.2) is 12.1 Å². The van der Waals surface area contributed by atoms with Crippen molar-refractivity contribution in [1.82, 2.24) is 0 Å². The van der Waals surface area contributed by atoms with E-state index < -0.39 is 64.4 Å². The van der Waals surface area contributed by atoms with Gasteiger partial charge in [-0.1, -0.05) is 6.92 Å². The molecule has 5 nitrogen and oxygen atoms in total. The van der Waals surface area contributed by atoms with Crippen LogP contribution < -0.4 is 9.47 Å². The normalized spacial score (nSPS) is 29.0. The van der Waals surface area contributed by atoms with E-state index in [1.807, 2.05) is 0 Å². The van der Waals surface area contributed by atoms with E-state index in [2.05, 4.69) is 9.58 Å². The summed E-state index contributed by atoms with van der Waals surface area (Å²) in [6.45, 7) is 6.68.